The van der Waals surface area contributed by atoms with E-state index in [-0.39, 0.29) is 30.2 Å². The third-order valence-electron chi connectivity index (χ3n) is 7.79. The fourth-order valence-corrected chi connectivity index (χ4v) is 5.45. The number of aromatic nitrogens is 1. The molecule has 2 amide bonds. The molecule has 2 aromatic heterocycles. The van der Waals surface area contributed by atoms with Gasteiger partial charge in [0.05, 0.1) is 18.3 Å². The zero-order valence-electron chi connectivity index (χ0n) is 19.3. The monoisotopic (exact) mass is 451 g/mol. The van der Waals surface area contributed by atoms with Crippen LogP contribution in [0.15, 0.2) is 47.1 Å². The van der Waals surface area contributed by atoms with Gasteiger partial charge in [-0.05, 0) is 42.9 Å². The van der Waals surface area contributed by atoms with E-state index in [9.17, 15) is 14.0 Å². The van der Waals surface area contributed by atoms with Crippen LogP contribution in [0.4, 0.5) is 4.39 Å². The standard InChI is InChI=1S/C26H30FN3O3/c1-16-6-4-9-20(17(16)2)28-25(32)26(3)15-29-21-10-11-33-23(21)13-22(29)24(31)30(26)14-18-7-5-8-19(27)12-18/h5,7-8,10-13,16-17,20H,4,6,9,14-15H2,1-3H3,(H,28,32)/t16-,17+,20+,26+/m1/s1. The van der Waals surface area contributed by atoms with E-state index >= 15 is 0 Å². The Kier molecular flexibility index (Phi) is 5.30. The van der Waals surface area contributed by atoms with Crippen molar-refractivity contribution in [1.29, 1.82) is 0 Å². The van der Waals surface area contributed by atoms with Gasteiger partial charge in [-0.3, -0.25) is 9.59 Å². The van der Waals surface area contributed by atoms with Gasteiger partial charge in [0, 0.05) is 24.7 Å². The summed E-state index contributed by atoms with van der Waals surface area (Å²) in [6.45, 7) is 6.67. The molecule has 6 nitrogen and oxygen atoms in total. The summed E-state index contributed by atoms with van der Waals surface area (Å²) < 4.78 is 21.3. The zero-order valence-corrected chi connectivity index (χ0v) is 19.3. The molecule has 33 heavy (non-hydrogen) atoms. The van der Waals surface area contributed by atoms with Crippen LogP contribution < -0.4 is 5.32 Å². The highest BCUT2D eigenvalue weighted by atomic mass is 19.1. The molecule has 1 N–H and O–H groups in total. The van der Waals surface area contributed by atoms with Gasteiger partial charge in [0.2, 0.25) is 5.91 Å². The molecule has 1 saturated carbocycles. The third-order valence-corrected chi connectivity index (χ3v) is 7.79. The van der Waals surface area contributed by atoms with E-state index in [2.05, 4.69) is 19.2 Å². The molecule has 7 heteroatoms. The summed E-state index contributed by atoms with van der Waals surface area (Å²) in [5, 5.41) is 3.28. The number of nitrogens with one attached hydrogen (secondary N) is 1. The number of carbonyl (C=O) groups is 2. The zero-order chi connectivity index (χ0) is 23.3. The second kappa shape index (κ2) is 8.04. The Hall–Kier alpha value is -3.09. The molecule has 1 aliphatic carbocycles. The maximum absolute atomic E-state index is 13.9. The maximum atomic E-state index is 13.9. The minimum Gasteiger partial charge on any atom is -0.463 e. The molecule has 0 bridgehead atoms. The first-order valence-corrected chi connectivity index (χ1v) is 11.7. The third kappa shape index (κ3) is 3.63. The van der Waals surface area contributed by atoms with E-state index in [1.165, 1.54) is 18.6 Å². The van der Waals surface area contributed by atoms with Gasteiger partial charge in [0.1, 0.15) is 17.1 Å². The molecule has 1 aromatic carbocycles. The molecule has 0 saturated heterocycles. The van der Waals surface area contributed by atoms with Gasteiger partial charge < -0.3 is 19.2 Å². The summed E-state index contributed by atoms with van der Waals surface area (Å²) >= 11 is 0. The number of halogens is 1. The lowest BCUT2D eigenvalue weighted by molar-refractivity contribution is -0.134. The number of nitrogens with zero attached hydrogens (tertiary/aromatic N) is 2. The number of benzene rings is 1. The first kappa shape index (κ1) is 21.7. The fraction of sp³-hybridized carbons (Fsp3) is 0.462. The van der Waals surface area contributed by atoms with E-state index in [4.69, 9.17) is 4.42 Å². The average molecular weight is 452 g/mol. The van der Waals surface area contributed by atoms with Gasteiger partial charge >= 0.3 is 0 Å². The molecule has 1 aliphatic heterocycles. The highest BCUT2D eigenvalue weighted by Gasteiger charge is 2.48. The molecule has 0 radical (unpaired) electrons. The second-order valence-electron chi connectivity index (χ2n) is 9.93. The summed E-state index contributed by atoms with van der Waals surface area (Å²) in [7, 11) is 0. The van der Waals surface area contributed by atoms with Crippen LogP contribution >= 0.6 is 0 Å². The van der Waals surface area contributed by atoms with Crippen molar-refractivity contribution < 1.29 is 18.4 Å². The second-order valence-corrected chi connectivity index (χ2v) is 9.93. The van der Waals surface area contributed by atoms with Crippen molar-refractivity contribution in [2.45, 2.75) is 64.7 Å². The fourth-order valence-electron chi connectivity index (χ4n) is 5.45. The molecule has 3 aromatic rings. The lowest BCUT2D eigenvalue weighted by atomic mass is 9.77. The Labute approximate surface area is 192 Å². The number of fused-ring (bicyclic) bond motifs is 3. The van der Waals surface area contributed by atoms with Crippen molar-refractivity contribution in [3.8, 4) is 0 Å². The van der Waals surface area contributed by atoms with Crippen LogP contribution in [0.3, 0.4) is 0 Å². The number of furan rings is 1. The van der Waals surface area contributed by atoms with Crippen molar-refractivity contribution in [2.24, 2.45) is 11.8 Å². The van der Waals surface area contributed by atoms with Gasteiger partial charge in [-0.1, -0.05) is 38.8 Å². The number of hydrogen-bond acceptors (Lipinski definition) is 3. The summed E-state index contributed by atoms with van der Waals surface area (Å²) in [5.41, 5.74) is 1.39. The summed E-state index contributed by atoms with van der Waals surface area (Å²) in [4.78, 5) is 29.1. The molecule has 3 heterocycles. The molecule has 0 unspecified atom stereocenters. The molecule has 2 aliphatic rings. The Morgan fingerprint density at radius 2 is 2.06 bits per heavy atom. The quantitative estimate of drug-likeness (QED) is 0.624. The minimum atomic E-state index is -1.14. The highest BCUT2D eigenvalue weighted by molar-refractivity contribution is 6.02. The summed E-state index contributed by atoms with van der Waals surface area (Å²) in [5.74, 6) is 0.0997. The lowest BCUT2D eigenvalue weighted by Crippen LogP contribution is -2.65. The lowest BCUT2D eigenvalue weighted by Gasteiger charge is -2.45. The molecule has 174 valence electrons. The van der Waals surface area contributed by atoms with Crippen molar-refractivity contribution in [3.05, 3.63) is 59.7 Å². The van der Waals surface area contributed by atoms with E-state index in [1.807, 2.05) is 17.6 Å². The first-order chi connectivity index (χ1) is 15.8. The van der Waals surface area contributed by atoms with Crippen molar-refractivity contribution in [3.63, 3.8) is 0 Å². The molecular weight excluding hydrogens is 421 g/mol. The average Bonchev–Trinajstić information content (AvgIpc) is 3.37. The molecule has 0 spiro atoms. The van der Waals surface area contributed by atoms with Crippen molar-refractivity contribution >= 4 is 22.9 Å². The number of hydrogen-bond donors (Lipinski definition) is 1. The van der Waals surface area contributed by atoms with Crippen LogP contribution in [0.1, 0.15) is 56.1 Å². The first-order valence-electron chi connectivity index (χ1n) is 11.7. The minimum absolute atomic E-state index is 0.0733. The van der Waals surface area contributed by atoms with Gasteiger partial charge in [0.25, 0.3) is 5.91 Å². The molecular formula is C26H30FN3O3. The Morgan fingerprint density at radius 1 is 1.24 bits per heavy atom. The Morgan fingerprint density at radius 3 is 2.85 bits per heavy atom. The van der Waals surface area contributed by atoms with Crippen LogP contribution in [0.25, 0.3) is 11.1 Å². The number of carbonyl (C=O) groups excluding carboxylic acids is 2. The van der Waals surface area contributed by atoms with E-state index < -0.39 is 5.54 Å². The largest absolute Gasteiger partial charge is 0.463 e. The van der Waals surface area contributed by atoms with Crippen LogP contribution in [0, 0.1) is 17.7 Å². The highest BCUT2D eigenvalue weighted by Crippen LogP contribution is 2.35. The molecule has 5 rings (SSSR count). The normalized spacial score (nSPS) is 27.6. The van der Waals surface area contributed by atoms with Crippen LogP contribution in [-0.4, -0.2) is 32.9 Å². The van der Waals surface area contributed by atoms with Crippen LogP contribution in [-0.2, 0) is 17.9 Å². The van der Waals surface area contributed by atoms with Crippen molar-refractivity contribution in [1.82, 2.24) is 14.8 Å². The van der Waals surface area contributed by atoms with E-state index in [1.54, 1.807) is 29.4 Å². The number of amides is 2. The Balaban J connectivity index is 1.53. The van der Waals surface area contributed by atoms with Gasteiger partial charge in [-0.15, -0.1) is 0 Å². The summed E-state index contributed by atoms with van der Waals surface area (Å²) in [6, 6.07) is 9.80. The van der Waals surface area contributed by atoms with Gasteiger partial charge in [-0.25, -0.2) is 4.39 Å². The summed E-state index contributed by atoms with van der Waals surface area (Å²) in [6.07, 6.45) is 4.77. The van der Waals surface area contributed by atoms with Crippen LogP contribution in [0.2, 0.25) is 0 Å². The van der Waals surface area contributed by atoms with Gasteiger partial charge in [-0.2, -0.15) is 0 Å². The number of rotatable bonds is 4. The topological polar surface area (TPSA) is 67.5 Å². The maximum Gasteiger partial charge on any atom is 0.271 e. The molecule has 4 atom stereocenters. The Bertz CT molecular complexity index is 1210. The van der Waals surface area contributed by atoms with E-state index in [0.29, 0.717) is 35.2 Å². The molecule has 1 fully saturated rings. The SMILES string of the molecule is C[C@H]1[C@H](C)CCC[C@@H]1NC(=O)[C@]1(C)Cn2c(cc3occc32)C(=O)N1Cc1cccc(F)c1. The van der Waals surface area contributed by atoms with Crippen molar-refractivity contribution in [2.75, 3.05) is 0 Å². The van der Waals surface area contributed by atoms with E-state index in [0.717, 1.165) is 18.4 Å². The predicted molar refractivity (Wildman–Crippen MR) is 123 cm³/mol. The predicted octanol–water partition coefficient (Wildman–Crippen LogP) is 4.73. The van der Waals surface area contributed by atoms with Gasteiger partial charge in [0.15, 0.2) is 5.58 Å². The smallest absolute Gasteiger partial charge is 0.271 e. The van der Waals surface area contributed by atoms with Crippen LogP contribution in [0.5, 0.6) is 0 Å².